The topological polar surface area (TPSA) is 66.9 Å². The first-order valence-corrected chi connectivity index (χ1v) is 11.9. The zero-order chi connectivity index (χ0) is 25.2. The third kappa shape index (κ3) is 4.46. The lowest BCUT2D eigenvalue weighted by atomic mass is 10.1. The van der Waals surface area contributed by atoms with Gasteiger partial charge in [0, 0.05) is 10.6 Å². The highest BCUT2D eigenvalue weighted by Gasteiger charge is 2.35. The number of hydrogen-bond acceptors (Lipinski definition) is 5. The molecule has 5 rings (SSSR count). The molecule has 1 heterocycles. The Balaban J connectivity index is 1.35. The van der Waals surface area contributed by atoms with E-state index in [1.165, 1.54) is 4.90 Å². The molecule has 8 heteroatoms. The van der Waals surface area contributed by atoms with E-state index in [0.717, 1.165) is 15.7 Å². The Labute approximate surface area is 217 Å². The van der Waals surface area contributed by atoms with Crippen LogP contribution in [0.4, 0.5) is 5.69 Å². The van der Waals surface area contributed by atoms with E-state index >= 15 is 0 Å². The molecule has 0 aliphatic carbocycles. The highest BCUT2D eigenvalue weighted by molar-refractivity contribution is 7.80. The number of amides is 3. The average Bonchev–Trinajstić information content (AvgIpc) is 3.14. The number of benzene rings is 4. The Hall–Kier alpha value is -4.07. The molecular weight excluding hydrogens is 496 g/mol. The summed E-state index contributed by atoms with van der Waals surface area (Å²) in [7, 11) is 0. The van der Waals surface area contributed by atoms with Gasteiger partial charge in [-0.15, -0.1) is 0 Å². The molecule has 6 nitrogen and oxygen atoms in total. The van der Waals surface area contributed by atoms with Gasteiger partial charge in [-0.2, -0.15) is 0 Å². The van der Waals surface area contributed by atoms with E-state index in [1.54, 1.807) is 60.7 Å². The molecule has 3 amide bonds. The first kappa shape index (κ1) is 23.7. The highest BCUT2D eigenvalue weighted by atomic mass is 35.5. The van der Waals surface area contributed by atoms with Crippen LogP contribution in [0, 0.1) is 0 Å². The average molecular weight is 515 g/mol. The first-order valence-electron chi connectivity index (χ1n) is 11.1. The van der Waals surface area contributed by atoms with Gasteiger partial charge in [-0.05, 0) is 71.5 Å². The number of anilines is 1. The Morgan fingerprint density at radius 3 is 2.11 bits per heavy atom. The molecule has 4 aromatic rings. The summed E-state index contributed by atoms with van der Waals surface area (Å²) in [6, 6.07) is 26.4. The van der Waals surface area contributed by atoms with E-state index in [1.807, 2.05) is 30.3 Å². The fourth-order valence-electron chi connectivity index (χ4n) is 4.08. The summed E-state index contributed by atoms with van der Waals surface area (Å²) < 4.78 is 5.73. The zero-order valence-electron chi connectivity index (χ0n) is 18.9. The predicted molar refractivity (Wildman–Crippen MR) is 143 cm³/mol. The van der Waals surface area contributed by atoms with Crippen LogP contribution in [0.5, 0.6) is 0 Å². The van der Waals surface area contributed by atoms with Crippen molar-refractivity contribution in [2.45, 2.75) is 0 Å². The number of rotatable bonds is 5. The largest absolute Gasteiger partial charge is 0.468 e. The maximum Gasteiger partial charge on any atom is 0.271 e. The van der Waals surface area contributed by atoms with Gasteiger partial charge in [-0.25, -0.2) is 4.90 Å². The lowest BCUT2D eigenvalue weighted by Gasteiger charge is -2.24. The number of thiocarbonyl (C=S) groups is 1. The van der Waals surface area contributed by atoms with E-state index < -0.39 is 0 Å². The number of halogens is 1. The maximum atomic E-state index is 13.6. The smallest absolute Gasteiger partial charge is 0.271 e. The molecule has 36 heavy (non-hydrogen) atoms. The molecule has 0 aromatic heterocycles. The molecule has 1 aliphatic rings. The van der Waals surface area contributed by atoms with Crippen molar-refractivity contribution in [1.82, 2.24) is 4.90 Å². The summed E-state index contributed by atoms with van der Waals surface area (Å²) in [4.78, 5) is 41.2. The summed E-state index contributed by atoms with van der Waals surface area (Å²) in [5.74, 6) is -1.15. The van der Waals surface area contributed by atoms with Crippen molar-refractivity contribution < 1.29 is 19.1 Å². The number of ether oxygens (including phenoxy) is 1. The number of carbonyl (C=O) groups excluding carboxylic acids is 3. The second-order valence-electron chi connectivity index (χ2n) is 8.10. The van der Waals surface area contributed by atoms with Crippen molar-refractivity contribution in [3.8, 4) is 0 Å². The van der Waals surface area contributed by atoms with Crippen LogP contribution in [0.25, 0.3) is 10.8 Å². The molecule has 0 saturated heterocycles. The first-order chi connectivity index (χ1) is 17.4. The van der Waals surface area contributed by atoms with Gasteiger partial charge in [0.2, 0.25) is 0 Å². The van der Waals surface area contributed by atoms with Crippen LogP contribution in [0.3, 0.4) is 0 Å². The molecule has 1 aliphatic heterocycles. The van der Waals surface area contributed by atoms with Crippen LogP contribution in [-0.4, -0.2) is 40.9 Å². The molecule has 0 unspecified atom stereocenters. The molecule has 0 radical (unpaired) electrons. The molecule has 0 spiro atoms. The van der Waals surface area contributed by atoms with Crippen molar-refractivity contribution in [3.05, 3.63) is 113 Å². The number of hydrogen-bond donors (Lipinski definition) is 0. The zero-order valence-corrected chi connectivity index (χ0v) is 20.5. The summed E-state index contributed by atoms with van der Waals surface area (Å²) in [6.45, 7) is -0.0789. The van der Waals surface area contributed by atoms with Gasteiger partial charge in [0.25, 0.3) is 22.9 Å². The van der Waals surface area contributed by atoms with Crippen LogP contribution in [0.1, 0.15) is 31.1 Å². The van der Waals surface area contributed by atoms with Crippen LogP contribution in [-0.2, 0) is 4.74 Å². The lowest BCUT2D eigenvalue weighted by Crippen LogP contribution is -2.39. The third-order valence-electron chi connectivity index (χ3n) is 5.89. The van der Waals surface area contributed by atoms with Gasteiger partial charge < -0.3 is 4.74 Å². The van der Waals surface area contributed by atoms with Crippen molar-refractivity contribution in [3.63, 3.8) is 0 Å². The molecule has 0 fully saturated rings. The fraction of sp³-hybridized carbons (Fsp3) is 0.0714. The van der Waals surface area contributed by atoms with E-state index in [-0.39, 0.29) is 36.0 Å². The van der Waals surface area contributed by atoms with Crippen molar-refractivity contribution in [2.24, 2.45) is 0 Å². The van der Waals surface area contributed by atoms with Crippen molar-refractivity contribution >= 4 is 63.2 Å². The summed E-state index contributed by atoms with van der Waals surface area (Å²) in [6.07, 6.45) is 0. The van der Waals surface area contributed by atoms with E-state index in [4.69, 9.17) is 28.6 Å². The van der Waals surface area contributed by atoms with Gasteiger partial charge in [0.1, 0.15) is 6.61 Å². The van der Waals surface area contributed by atoms with Crippen LogP contribution >= 0.6 is 23.8 Å². The van der Waals surface area contributed by atoms with Crippen molar-refractivity contribution in [1.29, 1.82) is 0 Å². The normalized spacial score (nSPS) is 12.5. The minimum absolute atomic E-state index is 0.00882. The molecule has 0 N–H and O–H groups in total. The van der Waals surface area contributed by atoms with Gasteiger partial charge in [0.05, 0.1) is 23.4 Å². The van der Waals surface area contributed by atoms with E-state index in [0.29, 0.717) is 27.4 Å². The third-order valence-corrected chi connectivity index (χ3v) is 6.44. The summed E-state index contributed by atoms with van der Waals surface area (Å²) in [5, 5.41) is 2.32. The van der Waals surface area contributed by atoms with Gasteiger partial charge >= 0.3 is 0 Å². The number of fused-ring (bicyclic) bond motifs is 2. The molecule has 178 valence electrons. The Morgan fingerprint density at radius 2 is 1.44 bits per heavy atom. The van der Waals surface area contributed by atoms with Gasteiger partial charge in [-0.3, -0.25) is 19.3 Å². The Bertz CT molecular complexity index is 1480. The number of imide groups is 1. The maximum absolute atomic E-state index is 13.6. The van der Waals surface area contributed by atoms with Gasteiger partial charge in [-0.1, -0.05) is 54.1 Å². The van der Waals surface area contributed by atoms with E-state index in [9.17, 15) is 14.4 Å². The molecule has 0 saturated carbocycles. The molecule has 0 atom stereocenters. The predicted octanol–water partition coefficient (Wildman–Crippen LogP) is 5.74. The fourth-order valence-corrected chi connectivity index (χ4v) is 4.48. The Kier molecular flexibility index (Phi) is 6.50. The summed E-state index contributed by atoms with van der Waals surface area (Å²) >= 11 is 11.5. The van der Waals surface area contributed by atoms with Gasteiger partial charge in [0.15, 0.2) is 0 Å². The standard InChI is InChI=1S/C28H19ClN2O4S/c29-21-11-13-22(14-12-21)31(25(32)20-10-9-18-5-1-2-6-19(18)17-20)28(36)35-16-15-30-26(33)23-7-3-4-8-24(23)27(30)34/h1-14,17H,15-16H2. The second-order valence-corrected chi connectivity index (χ2v) is 8.89. The highest BCUT2D eigenvalue weighted by Crippen LogP contribution is 2.25. The second kappa shape index (κ2) is 9.89. The SMILES string of the molecule is O=C1c2ccccc2C(=O)N1CCOC(=S)N(C(=O)c1ccc2ccccc2c1)c1ccc(Cl)cc1. The minimum atomic E-state index is -0.382. The quantitative estimate of drug-likeness (QED) is 0.251. The number of carbonyl (C=O) groups is 3. The van der Waals surface area contributed by atoms with Crippen LogP contribution < -0.4 is 4.90 Å². The molecular formula is C28H19ClN2O4S. The Morgan fingerprint density at radius 1 is 0.833 bits per heavy atom. The van der Waals surface area contributed by atoms with Crippen molar-refractivity contribution in [2.75, 3.05) is 18.1 Å². The lowest BCUT2D eigenvalue weighted by molar-refractivity contribution is 0.0627. The molecule has 4 aromatic carbocycles. The minimum Gasteiger partial charge on any atom is -0.468 e. The van der Waals surface area contributed by atoms with Crippen LogP contribution in [0.15, 0.2) is 91.0 Å². The number of nitrogens with zero attached hydrogens (tertiary/aromatic N) is 2. The monoisotopic (exact) mass is 514 g/mol. The molecule has 0 bridgehead atoms. The van der Waals surface area contributed by atoms with E-state index in [2.05, 4.69) is 0 Å². The summed E-state index contributed by atoms with van der Waals surface area (Å²) in [5.41, 5.74) is 1.62. The van der Waals surface area contributed by atoms with Crippen LogP contribution in [0.2, 0.25) is 5.02 Å².